The van der Waals surface area contributed by atoms with Crippen LogP contribution < -0.4 is 518 Å². The second-order valence-electron chi connectivity index (χ2n) is 26.3. The van der Waals surface area contributed by atoms with E-state index in [0.29, 0.717) is 73.1 Å². The predicted octanol–water partition coefficient (Wildman–Crippen LogP) is -12.3. The first kappa shape index (κ1) is 111. The maximum absolute atomic E-state index is 12.3. The Bertz CT molecular complexity index is 6010. The fourth-order valence-electron chi connectivity index (χ4n) is 12.7. The number of nitrogens with zero attached hydrogens (tertiary/aromatic N) is 7. The van der Waals surface area contributed by atoms with Gasteiger partial charge in [-0.3, -0.25) is 9.78 Å². The summed E-state index contributed by atoms with van der Waals surface area (Å²) in [5.74, 6) is -7.98. The molecule has 0 amide bonds. The van der Waals surface area contributed by atoms with E-state index in [9.17, 15) is 74.1 Å². The summed E-state index contributed by atoms with van der Waals surface area (Å²) in [4.78, 5) is 106. The minimum Gasteiger partial charge on any atom is -0.545 e. The van der Waals surface area contributed by atoms with Gasteiger partial charge in [0.2, 0.25) is 0 Å². The molecule has 0 bridgehead atoms. The first-order valence-corrected chi connectivity index (χ1v) is 35.2. The quantitative estimate of drug-likeness (QED) is 0.143. The summed E-state index contributed by atoms with van der Waals surface area (Å²) in [7, 11) is 0. The van der Waals surface area contributed by atoms with Gasteiger partial charge in [-0.2, -0.15) is 8.75 Å². The van der Waals surface area contributed by atoms with E-state index < -0.39 is 41.8 Å². The van der Waals surface area contributed by atoms with Crippen molar-refractivity contribution in [3.8, 4) is 22.3 Å². The van der Waals surface area contributed by atoms with Crippen LogP contribution in [0, 0.1) is 96.9 Å². The zero-order valence-corrected chi connectivity index (χ0v) is 114. The van der Waals surface area contributed by atoms with E-state index in [-0.39, 0.29) is 522 Å². The first-order valence-electron chi connectivity index (χ1n) is 33.6. The number of benzene rings is 9. The average Bonchev–Trinajstić information content (AvgIpc) is 1.64. The molecule has 0 spiro atoms. The molecular formula is C84H66Cs7N7O16S2. The average molecular weight is 2420 g/mol. The molecule has 552 valence electrons. The molecule has 0 saturated carbocycles. The van der Waals surface area contributed by atoms with Crippen LogP contribution in [0.2, 0.25) is 0 Å². The van der Waals surface area contributed by atoms with Crippen molar-refractivity contribution in [2.24, 2.45) is 0 Å². The van der Waals surface area contributed by atoms with E-state index in [1.807, 2.05) is 82.3 Å². The number of ketones is 1. The summed E-state index contributed by atoms with van der Waals surface area (Å²) < 4.78 is 16.2. The van der Waals surface area contributed by atoms with Gasteiger partial charge >= 0.3 is 482 Å². The van der Waals surface area contributed by atoms with Crippen LogP contribution in [0.3, 0.4) is 0 Å². The molecular weight excluding hydrogens is 2360 g/mol. The number of carbonyl (C=O) groups is 8. The normalized spacial score (nSPS) is 10.5. The number of rotatable bonds is 7. The van der Waals surface area contributed by atoms with E-state index in [0.717, 1.165) is 100 Å². The maximum atomic E-state index is 12.3. The summed E-state index contributed by atoms with van der Waals surface area (Å²) in [6.07, 6.45) is 2.41. The minimum absolute atomic E-state index is 0. The van der Waals surface area contributed by atoms with Gasteiger partial charge in [-0.05, 0) is 248 Å². The Morgan fingerprint density at radius 3 is 1.39 bits per heavy atom. The number of carboxylic acid groups (broad SMARTS) is 7. The fraction of sp³-hybridized carbons (Fsp3) is 0.179. The van der Waals surface area contributed by atoms with Crippen LogP contribution in [0.4, 0.5) is 0 Å². The van der Waals surface area contributed by atoms with Gasteiger partial charge in [0.05, 0.1) is 58.9 Å². The summed E-state index contributed by atoms with van der Waals surface area (Å²) in [6.45, 7) is 25.1. The molecule has 0 radical (unpaired) electrons. The molecule has 116 heavy (non-hydrogen) atoms. The Morgan fingerprint density at radius 1 is 0.362 bits per heavy atom. The SMILES string of the molecule is Cc1cc(C(=O)[O-])c(C)c2nsnc12.Cc1ccc2c(c1)C(=O)c1cc(C)c(C(=O)[O-])cc1-2.Cc1ccc2c(c1)Cc1cc(C)c(C(=O)[O-])cc1-2.Cc1ccc2c(c1)oc1cc(C)c(C(=O)[O-])cc12.Cc1ccc2c(c1)sc1cc(C)c(C(=O)[O-])cc12.Cc1cnc(C)c(C(=O)[O-])n1.Cc1nc(C)nc(C(=O)[O-])n1.[Cs+].[Cs+].[Cs+].[Cs+].[Cs+].[Cs+].[Cs+]. The van der Waals surface area contributed by atoms with E-state index in [4.69, 9.17) is 4.42 Å². The molecule has 9 aromatic carbocycles. The van der Waals surface area contributed by atoms with Crippen molar-refractivity contribution in [1.29, 1.82) is 0 Å². The number of hydrogen-bond acceptors (Lipinski definition) is 25. The van der Waals surface area contributed by atoms with E-state index in [1.165, 1.54) is 33.2 Å². The topological polar surface area (TPSA) is 401 Å². The standard InChI is InChI=1S/C16H12O3.C16H14O2.C15H12O3.C15H12O2S.C9H8N2O2S.C7H8N2O2.C6H7N3O2.7Cs/c1-8-3-4-10-12-7-11(16(18)19)9(2)6-14(12)15(17)13(10)5-8;1-9-3-4-13-11(5-9)7-12-6-10(2)14(16(17)18)8-15(12)13;2*1-8-3-4-10-12-7-11(15(16)17)9(2)6-14(12)18-13(10)5-8;1-4-3-6(9(12)13)5(2)8-7(4)10-14-11-8;1-4-3-8-5(2)6(9-4)7(10)11;1-3-7-4(2)9-5(8-3)6(10)11;;;;;;;/h3-7H,1-2H3,(H,18,19);3-6,8H,7H2,1-2H3,(H,17,18);2*3-7H,1-2H3,(H,16,17);3H,1-2H3,(H,12,13);3H,1-2H3,(H,10,11);1-2H3,(H,10,11);;;;;;;/q;;;;;;;7*+1/p-7. The second-order valence-corrected chi connectivity index (χ2v) is 27.9. The van der Waals surface area contributed by atoms with E-state index in [2.05, 4.69) is 77.8 Å². The molecule has 32 heteroatoms. The number of carbonyl (C=O) groups excluding carboxylic acids is 8. The summed E-state index contributed by atoms with van der Waals surface area (Å²) >= 11 is 2.79. The number of fused-ring (bicyclic) bond motifs is 13. The molecule has 2 aliphatic carbocycles. The third-order valence-corrected chi connectivity index (χ3v) is 19.7. The van der Waals surface area contributed by atoms with Gasteiger partial charge in [0.25, 0.3) is 0 Å². The number of carboxylic acids is 7. The summed E-state index contributed by atoms with van der Waals surface area (Å²) in [6, 6.07) is 39.5. The monoisotopic (exact) mass is 2420 g/mol. The number of furan rings is 1. The fourth-order valence-corrected chi connectivity index (χ4v) is 14.6. The molecule has 0 unspecified atom stereocenters. The molecule has 0 fully saturated rings. The molecule has 23 nitrogen and oxygen atoms in total. The molecule has 0 aliphatic heterocycles. The van der Waals surface area contributed by atoms with Crippen LogP contribution in [0.5, 0.6) is 0 Å². The number of aryl methyl sites for hydroxylation is 14. The van der Waals surface area contributed by atoms with Crippen LogP contribution in [0.25, 0.3) is 75.4 Å². The Hall–Kier alpha value is 1.23. The van der Waals surface area contributed by atoms with Gasteiger partial charge in [0.15, 0.2) is 11.6 Å². The van der Waals surface area contributed by atoms with Crippen LogP contribution in [-0.4, -0.2) is 81.2 Å². The number of aromatic carboxylic acids is 7. The van der Waals surface area contributed by atoms with Crippen molar-refractivity contribution in [3.63, 3.8) is 0 Å². The molecule has 0 N–H and O–H groups in total. The Morgan fingerprint density at radius 2 is 0.819 bits per heavy atom. The molecule has 0 saturated heterocycles. The molecule has 5 heterocycles. The zero-order valence-electron chi connectivity index (χ0n) is 68.4. The molecule has 0 atom stereocenters. The first-order chi connectivity index (χ1) is 51.5. The molecule has 16 rings (SSSR count). The molecule has 2 aliphatic rings. The zero-order chi connectivity index (χ0) is 79.5. The second kappa shape index (κ2) is 50.3. The van der Waals surface area contributed by atoms with Crippen LogP contribution in [-0.2, 0) is 6.42 Å². The van der Waals surface area contributed by atoms with Crippen molar-refractivity contribution < 1.29 is 561 Å². The van der Waals surface area contributed by atoms with Crippen LogP contribution in [0.1, 0.15) is 179 Å². The van der Waals surface area contributed by atoms with Gasteiger partial charge in [-0.1, -0.05) is 71.8 Å². The molecule has 5 aromatic heterocycles. The third-order valence-electron chi connectivity index (χ3n) is 18.0. The Balaban J connectivity index is 0.000000350. The van der Waals surface area contributed by atoms with Crippen molar-refractivity contribution in [2.45, 2.75) is 103 Å². The van der Waals surface area contributed by atoms with Crippen molar-refractivity contribution in [2.75, 3.05) is 0 Å². The molecule has 14 aromatic rings. The van der Waals surface area contributed by atoms with Gasteiger partial charge in [0.1, 0.15) is 45.5 Å². The van der Waals surface area contributed by atoms with Gasteiger partial charge in [0, 0.05) is 76.1 Å². The Labute approximate surface area is 1090 Å². The van der Waals surface area contributed by atoms with E-state index >= 15 is 0 Å². The van der Waals surface area contributed by atoms with Gasteiger partial charge in [-0.25, -0.2) is 19.9 Å². The smallest absolute Gasteiger partial charge is 0.545 e. The van der Waals surface area contributed by atoms with Crippen LogP contribution in [0.15, 0.2) is 138 Å². The third kappa shape index (κ3) is 27.9. The van der Waals surface area contributed by atoms with Gasteiger partial charge in [-0.15, -0.1) is 11.3 Å². The minimum atomic E-state index is -1.38. The van der Waals surface area contributed by atoms with Gasteiger partial charge < -0.3 is 73.7 Å². The number of thiophene rings is 1. The number of aromatic nitrogens is 7. The maximum Gasteiger partial charge on any atom is 1.00 e. The summed E-state index contributed by atoms with van der Waals surface area (Å²) in [5.41, 5.74) is 21.0. The van der Waals surface area contributed by atoms with Crippen molar-refractivity contribution in [1.82, 2.24) is 33.7 Å². The Kier molecular flexibility index (Phi) is 48.3. The van der Waals surface area contributed by atoms with E-state index in [1.54, 1.807) is 109 Å². The van der Waals surface area contributed by atoms with Crippen molar-refractivity contribution in [3.05, 3.63) is 274 Å². The number of hydrogen-bond donors (Lipinski definition) is 0. The summed E-state index contributed by atoms with van der Waals surface area (Å²) in [5, 5.41) is 79.5. The van der Waals surface area contributed by atoms with Crippen molar-refractivity contribution >= 4 is 124 Å². The predicted molar refractivity (Wildman–Crippen MR) is 399 cm³/mol. The van der Waals surface area contributed by atoms with Crippen LogP contribution >= 0.6 is 23.1 Å². The largest absolute Gasteiger partial charge is 1.00 e.